The summed E-state index contributed by atoms with van der Waals surface area (Å²) < 4.78 is 0. The Balaban J connectivity index is 1.53. The van der Waals surface area contributed by atoms with E-state index in [0.29, 0.717) is 6.17 Å². The van der Waals surface area contributed by atoms with Gasteiger partial charge in [0.05, 0.1) is 0 Å². The summed E-state index contributed by atoms with van der Waals surface area (Å²) in [6.07, 6.45) is 40.6. The Morgan fingerprint density at radius 3 is 1.10 bits per heavy atom. The molecule has 230 valence electrons. The van der Waals surface area contributed by atoms with Crippen molar-refractivity contribution in [1.82, 2.24) is 9.80 Å². The zero-order chi connectivity index (χ0) is 28.4. The van der Waals surface area contributed by atoms with Gasteiger partial charge in [0.1, 0.15) is 6.17 Å². The molecule has 1 aromatic carbocycles. The van der Waals surface area contributed by atoms with E-state index in [-0.39, 0.29) is 0 Å². The predicted molar refractivity (Wildman–Crippen MR) is 179 cm³/mol. The van der Waals surface area contributed by atoms with Crippen LogP contribution in [0.5, 0.6) is 0 Å². The summed E-state index contributed by atoms with van der Waals surface area (Å²) >= 11 is 0. The van der Waals surface area contributed by atoms with E-state index in [9.17, 15) is 0 Å². The third-order valence-electron chi connectivity index (χ3n) is 9.02. The van der Waals surface area contributed by atoms with E-state index in [1.54, 1.807) is 0 Å². The molecule has 2 rings (SSSR count). The molecule has 0 radical (unpaired) electrons. The zero-order valence-electron chi connectivity index (χ0n) is 27.1. The molecule has 0 aromatic heterocycles. The summed E-state index contributed by atoms with van der Waals surface area (Å²) in [6, 6.07) is 11.1. The van der Waals surface area contributed by atoms with Crippen LogP contribution in [0.4, 0.5) is 0 Å². The number of hydrogen-bond donors (Lipinski definition) is 0. The van der Waals surface area contributed by atoms with Gasteiger partial charge in [0.15, 0.2) is 0 Å². The predicted octanol–water partition coefficient (Wildman–Crippen LogP) is 12.0. The quantitative estimate of drug-likeness (QED) is 0.0954. The maximum Gasteiger partial charge on any atom is 0.105 e. The first-order chi connectivity index (χ1) is 19.8. The number of rotatable bonds is 28. The molecule has 0 aliphatic carbocycles. The Labute approximate surface area is 251 Å². The van der Waals surface area contributed by atoms with E-state index < -0.39 is 0 Å². The lowest BCUT2D eigenvalue weighted by Gasteiger charge is -2.33. The highest BCUT2D eigenvalue weighted by atomic mass is 15.4. The third kappa shape index (κ3) is 17.4. The van der Waals surface area contributed by atoms with E-state index in [1.807, 2.05) is 0 Å². The molecule has 1 atom stereocenters. The molecule has 0 amide bonds. The number of benzene rings is 1. The van der Waals surface area contributed by atoms with Gasteiger partial charge in [-0.05, 0) is 18.4 Å². The van der Waals surface area contributed by atoms with E-state index >= 15 is 0 Å². The fourth-order valence-electron chi connectivity index (χ4n) is 6.34. The first kappa shape index (κ1) is 34.8. The second-order valence-corrected chi connectivity index (χ2v) is 12.7. The van der Waals surface area contributed by atoms with Gasteiger partial charge in [-0.2, -0.15) is 0 Å². The molecule has 0 N–H and O–H groups in total. The van der Waals surface area contributed by atoms with Crippen molar-refractivity contribution in [3.8, 4) is 0 Å². The Kier molecular flexibility index (Phi) is 22.0. The molecule has 0 saturated heterocycles. The van der Waals surface area contributed by atoms with Crippen LogP contribution in [0.2, 0.25) is 0 Å². The summed E-state index contributed by atoms with van der Waals surface area (Å²) in [4.78, 5) is 5.28. The Bertz CT molecular complexity index is 684. The number of hydrogen-bond acceptors (Lipinski definition) is 2. The molecule has 40 heavy (non-hydrogen) atoms. The van der Waals surface area contributed by atoms with Crippen LogP contribution >= 0.6 is 0 Å². The van der Waals surface area contributed by atoms with E-state index in [0.717, 1.165) is 6.42 Å². The van der Waals surface area contributed by atoms with E-state index in [4.69, 9.17) is 0 Å². The van der Waals surface area contributed by atoms with Crippen LogP contribution in [0.15, 0.2) is 42.7 Å². The fourth-order valence-corrected chi connectivity index (χ4v) is 6.34. The lowest BCUT2D eigenvalue weighted by molar-refractivity contribution is 0.148. The molecule has 0 saturated carbocycles. The molecule has 1 aliphatic heterocycles. The molecule has 2 heteroatoms. The van der Waals surface area contributed by atoms with Crippen LogP contribution in [-0.2, 0) is 6.42 Å². The SMILES string of the molecule is CCCCCCCCCCCCCCCCCCN1C=CN(CCCCCCCCCC)C1Cc1ccccc1. The standard InChI is InChI=1S/C38H68N2/c1-3-5-7-9-11-13-14-15-16-17-18-19-20-22-24-29-33-40-35-34-39(32-28-23-21-12-10-8-6-4-2)38(40)36-37-30-26-25-27-31-37/h25-27,30-31,34-35,38H,3-24,28-29,32-33,36H2,1-2H3. The summed E-state index contributed by atoms with van der Waals surface area (Å²) in [7, 11) is 0. The molecule has 1 aliphatic rings. The molecule has 1 unspecified atom stereocenters. The van der Waals surface area contributed by atoms with Crippen LogP contribution in [-0.4, -0.2) is 29.1 Å². The average molecular weight is 553 g/mol. The van der Waals surface area contributed by atoms with Gasteiger partial charge in [-0.15, -0.1) is 0 Å². The van der Waals surface area contributed by atoms with E-state index in [2.05, 4.69) is 66.4 Å². The summed E-state index contributed by atoms with van der Waals surface area (Å²) in [5.41, 5.74) is 1.47. The average Bonchev–Trinajstić information content (AvgIpc) is 3.35. The van der Waals surface area contributed by atoms with Gasteiger partial charge in [0, 0.05) is 31.9 Å². The normalized spacial score (nSPS) is 15.0. The van der Waals surface area contributed by atoms with Crippen molar-refractivity contribution in [2.75, 3.05) is 13.1 Å². The minimum Gasteiger partial charge on any atom is -0.356 e. The topological polar surface area (TPSA) is 6.48 Å². The third-order valence-corrected chi connectivity index (χ3v) is 9.02. The Hall–Kier alpha value is -1.44. The molecule has 2 nitrogen and oxygen atoms in total. The monoisotopic (exact) mass is 553 g/mol. The maximum atomic E-state index is 2.64. The van der Waals surface area contributed by atoms with Crippen molar-refractivity contribution >= 4 is 0 Å². The maximum absolute atomic E-state index is 2.64. The molecule has 1 heterocycles. The number of unbranched alkanes of at least 4 members (excludes halogenated alkanes) is 22. The molecule has 0 spiro atoms. The second kappa shape index (κ2) is 25.3. The Morgan fingerprint density at radius 2 is 0.750 bits per heavy atom. The first-order valence-corrected chi connectivity index (χ1v) is 18.1. The smallest absolute Gasteiger partial charge is 0.105 e. The molecular formula is C38H68N2. The van der Waals surface area contributed by atoms with Crippen LogP contribution in [0.3, 0.4) is 0 Å². The lowest BCUT2D eigenvalue weighted by atomic mass is 10.0. The van der Waals surface area contributed by atoms with Gasteiger partial charge in [-0.25, -0.2) is 0 Å². The molecule has 1 aromatic rings. The Morgan fingerprint density at radius 1 is 0.425 bits per heavy atom. The van der Waals surface area contributed by atoms with Gasteiger partial charge < -0.3 is 9.80 Å². The first-order valence-electron chi connectivity index (χ1n) is 18.1. The summed E-state index contributed by atoms with van der Waals surface area (Å²) in [5, 5.41) is 0. The zero-order valence-corrected chi connectivity index (χ0v) is 27.1. The van der Waals surface area contributed by atoms with Gasteiger partial charge in [-0.1, -0.05) is 185 Å². The van der Waals surface area contributed by atoms with Crippen molar-refractivity contribution in [3.05, 3.63) is 48.3 Å². The van der Waals surface area contributed by atoms with Crippen molar-refractivity contribution < 1.29 is 0 Å². The van der Waals surface area contributed by atoms with Crippen LogP contribution in [0, 0.1) is 0 Å². The molecule has 0 bridgehead atoms. The van der Waals surface area contributed by atoms with Crippen LogP contribution in [0.1, 0.15) is 174 Å². The molecule has 0 fully saturated rings. The second-order valence-electron chi connectivity index (χ2n) is 12.7. The fraction of sp³-hybridized carbons (Fsp3) is 0.789. The number of nitrogens with zero attached hydrogens (tertiary/aromatic N) is 2. The van der Waals surface area contributed by atoms with Crippen molar-refractivity contribution in [2.24, 2.45) is 0 Å². The van der Waals surface area contributed by atoms with Crippen molar-refractivity contribution in [3.63, 3.8) is 0 Å². The highest BCUT2D eigenvalue weighted by Gasteiger charge is 2.25. The van der Waals surface area contributed by atoms with E-state index in [1.165, 1.54) is 173 Å². The highest BCUT2D eigenvalue weighted by molar-refractivity contribution is 5.17. The van der Waals surface area contributed by atoms with Crippen LogP contribution < -0.4 is 0 Å². The van der Waals surface area contributed by atoms with Gasteiger partial charge in [0.2, 0.25) is 0 Å². The van der Waals surface area contributed by atoms with Crippen LogP contribution in [0.25, 0.3) is 0 Å². The van der Waals surface area contributed by atoms with Gasteiger partial charge >= 0.3 is 0 Å². The molecular weight excluding hydrogens is 484 g/mol. The van der Waals surface area contributed by atoms with Gasteiger partial charge in [-0.3, -0.25) is 0 Å². The summed E-state index contributed by atoms with van der Waals surface area (Å²) in [6.45, 7) is 7.03. The minimum absolute atomic E-state index is 0.503. The largest absolute Gasteiger partial charge is 0.356 e. The van der Waals surface area contributed by atoms with Crippen molar-refractivity contribution in [2.45, 2.75) is 181 Å². The van der Waals surface area contributed by atoms with Gasteiger partial charge in [0.25, 0.3) is 0 Å². The summed E-state index contributed by atoms with van der Waals surface area (Å²) in [5.74, 6) is 0. The van der Waals surface area contributed by atoms with Crippen molar-refractivity contribution in [1.29, 1.82) is 0 Å². The minimum atomic E-state index is 0.503. The highest BCUT2D eigenvalue weighted by Crippen LogP contribution is 2.23. The lowest BCUT2D eigenvalue weighted by Crippen LogP contribution is -2.41.